The number of pyridine rings is 1. The van der Waals surface area contributed by atoms with E-state index in [1.54, 1.807) is 6.20 Å². The van der Waals surface area contributed by atoms with Crippen molar-refractivity contribution in [1.82, 2.24) is 9.88 Å². The minimum Gasteiger partial charge on any atom is -1.00 e. The maximum atomic E-state index is 12.9. The largest absolute Gasteiger partial charge is 1.00 e. The van der Waals surface area contributed by atoms with Crippen LogP contribution in [-0.2, 0) is 12.8 Å². The molecule has 0 N–H and O–H groups in total. The molecular weight excluding hydrogens is 355 g/mol. The fourth-order valence-electron chi connectivity index (χ4n) is 3.30. The predicted octanol–water partition coefficient (Wildman–Crippen LogP) is 1.05. The minimum atomic E-state index is 0. The van der Waals surface area contributed by atoms with Crippen molar-refractivity contribution in [2.24, 2.45) is 5.92 Å². The number of aromatic nitrogens is 1. The summed E-state index contributed by atoms with van der Waals surface area (Å²) in [5.41, 5.74) is 2.89. The number of piperidine rings is 1. The monoisotopic (exact) mass is 377 g/mol. The highest BCUT2D eigenvalue weighted by Gasteiger charge is 2.26. The smallest absolute Gasteiger partial charge is 0.184 e. The summed E-state index contributed by atoms with van der Waals surface area (Å²) in [4.78, 5) is 19.6. The number of aryl methyl sites for hydroxylation is 2. The number of benzene rings is 1. The van der Waals surface area contributed by atoms with E-state index >= 15 is 0 Å². The number of hydrogen-bond donors (Lipinski definition) is 0. The lowest BCUT2D eigenvalue weighted by Gasteiger charge is -2.28. The Morgan fingerprint density at radius 1 is 1.20 bits per heavy atom. The van der Waals surface area contributed by atoms with E-state index in [2.05, 4.69) is 23.0 Å². The van der Waals surface area contributed by atoms with Crippen molar-refractivity contribution in [2.45, 2.75) is 25.7 Å². The molecule has 134 valence electrons. The second-order valence-corrected chi connectivity index (χ2v) is 7.02. The minimum absolute atomic E-state index is 0. The number of likely N-dealkylation sites (tertiary alicyclic amines) is 1. The van der Waals surface area contributed by atoms with Crippen LogP contribution in [0.15, 0.2) is 42.6 Å². The molecule has 0 bridgehead atoms. The van der Waals surface area contributed by atoms with Crippen molar-refractivity contribution >= 4 is 17.4 Å². The normalized spacial score (nSPS) is 15.6. The Kier molecular flexibility index (Phi) is 7.42. The van der Waals surface area contributed by atoms with Gasteiger partial charge < -0.3 is 17.3 Å². The predicted molar refractivity (Wildman–Crippen MR) is 97.6 cm³/mol. The summed E-state index contributed by atoms with van der Waals surface area (Å²) in [6, 6.07) is 11.8. The van der Waals surface area contributed by atoms with Gasteiger partial charge in [-0.3, -0.25) is 9.78 Å². The number of hydrogen-bond acceptors (Lipinski definition) is 3. The van der Waals surface area contributed by atoms with Gasteiger partial charge in [-0.2, -0.15) is 0 Å². The molecule has 0 unspecified atom stereocenters. The standard InChI is InChI=1S/C20H23ClN2O.ClH/c1-23-12-9-17(10-13-23)20(24)19-16(5-3-11-22-19)8-7-15-4-2-6-18(21)14-15;/h2-6,11,14,17H,7-10,12-13H2,1H3;1H/p-1. The molecule has 5 heteroatoms. The van der Waals surface area contributed by atoms with E-state index < -0.39 is 0 Å². The first-order chi connectivity index (χ1) is 11.6. The van der Waals surface area contributed by atoms with Gasteiger partial charge in [0.15, 0.2) is 5.78 Å². The zero-order valence-corrected chi connectivity index (χ0v) is 15.9. The molecule has 0 spiro atoms. The third-order valence-electron chi connectivity index (χ3n) is 4.79. The first kappa shape index (κ1) is 19.9. The third-order valence-corrected chi connectivity index (χ3v) is 5.02. The Morgan fingerprint density at radius 2 is 1.96 bits per heavy atom. The molecule has 1 fully saturated rings. The van der Waals surface area contributed by atoms with Gasteiger partial charge >= 0.3 is 0 Å². The number of carbonyl (C=O) groups is 1. The van der Waals surface area contributed by atoms with E-state index in [9.17, 15) is 4.79 Å². The summed E-state index contributed by atoms with van der Waals surface area (Å²) < 4.78 is 0. The molecule has 1 aliphatic heterocycles. The van der Waals surface area contributed by atoms with Gasteiger partial charge in [-0.05, 0) is 75.1 Å². The second-order valence-electron chi connectivity index (χ2n) is 6.58. The first-order valence-corrected chi connectivity index (χ1v) is 8.92. The maximum absolute atomic E-state index is 12.9. The van der Waals surface area contributed by atoms with Crippen LogP contribution in [0.4, 0.5) is 0 Å². The highest BCUT2D eigenvalue weighted by atomic mass is 35.5. The summed E-state index contributed by atoms with van der Waals surface area (Å²) in [5, 5.41) is 0.751. The van der Waals surface area contributed by atoms with Crippen LogP contribution in [0.5, 0.6) is 0 Å². The summed E-state index contributed by atoms with van der Waals surface area (Å²) in [6.07, 6.45) is 5.26. The molecule has 0 atom stereocenters. The average Bonchev–Trinajstić information content (AvgIpc) is 2.60. The van der Waals surface area contributed by atoms with Crippen LogP contribution in [-0.4, -0.2) is 35.8 Å². The van der Waals surface area contributed by atoms with Gasteiger partial charge in [-0.1, -0.05) is 29.8 Å². The maximum Gasteiger partial charge on any atom is 0.184 e. The summed E-state index contributed by atoms with van der Waals surface area (Å²) >= 11 is 6.05. The fourth-order valence-corrected chi connectivity index (χ4v) is 3.51. The Hall–Kier alpha value is -1.42. The van der Waals surface area contributed by atoms with Crippen molar-refractivity contribution in [2.75, 3.05) is 20.1 Å². The van der Waals surface area contributed by atoms with Crippen LogP contribution >= 0.6 is 11.6 Å². The highest BCUT2D eigenvalue weighted by Crippen LogP contribution is 2.23. The Bertz CT molecular complexity index is 712. The first-order valence-electron chi connectivity index (χ1n) is 8.54. The van der Waals surface area contributed by atoms with E-state index in [1.807, 2.05) is 30.3 Å². The van der Waals surface area contributed by atoms with Gasteiger partial charge in [0.25, 0.3) is 0 Å². The lowest BCUT2D eigenvalue weighted by molar-refractivity contribution is -0.0000132. The van der Waals surface area contributed by atoms with E-state index in [0.717, 1.165) is 49.4 Å². The highest BCUT2D eigenvalue weighted by molar-refractivity contribution is 6.30. The van der Waals surface area contributed by atoms with E-state index in [-0.39, 0.29) is 24.1 Å². The second kappa shape index (κ2) is 9.33. The van der Waals surface area contributed by atoms with E-state index in [1.165, 1.54) is 5.56 Å². The average molecular weight is 378 g/mol. The molecule has 2 aromatic rings. The molecule has 0 amide bonds. The molecule has 2 heterocycles. The molecule has 1 aromatic carbocycles. The van der Waals surface area contributed by atoms with Crippen molar-refractivity contribution < 1.29 is 17.2 Å². The van der Waals surface area contributed by atoms with Gasteiger partial charge in [-0.25, -0.2) is 0 Å². The molecule has 3 nitrogen and oxygen atoms in total. The van der Waals surface area contributed by atoms with Crippen LogP contribution in [0.25, 0.3) is 0 Å². The SMILES string of the molecule is CN1CCC(C(=O)c2ncccc2CCc2cccc(Cl)c2)CC1.[Cl-]. The molecule has 1 aromatic heterocycles. The zero-order valence-electron chi connectivity index (χ0n) is 14.4. The van der Waals surface area contributed by atoms with Crippen LogP contribution in [0, 0.1) is 5.92 Å². The number of rotatable bonds is 5. The zero-order chi connectivity index (χ0) is 16.9. The fraction of sp³-hybridized carbons (Fsp3) is 0.400. The topological polar surface area (TPSA) is 33.2 Å². The van der Waals surface area contributed by atoms with E-state index in [0.29, 0.717) is 5.69 Å². The Balaban J connectivity index is 0.00000225. The van der Waals surface area contributed by atoms with Gasteiger partial charge in [0.1, 0.15) is 5.69 Å². The molecular formula is C20H23Cl2N2O-. The van der Waals surface area contributed by atoms with Crippen molar-refractivity contribution in [3.05, 3.63) is 64.4 Å². The Morgan fingerprint density at radius 3 is 2.68 bits per heavy atom. The van der Waals surface area contributed by atoms with Crippen LogP contribution in [0.2, 0.25) is 5.02 Å². The number of ketones is 1. The molecule has 1 aliphatic rings. The Labute approximate surface area is 160 Å². The number of halogens is 2. The lowest BCUT2D eigenvalue weighted by Crippen LogP contribution is -3.00. The molecule has 0 radical (unpaired) electrons. The molecule has 1 saturated heterocycles. The quantitative estimate of drug-likeness (QED) is 0.730. The van der Waals surface area contributed by atoms with Gasteiger partial charge in [0.05, 0.1) is 0 Å². The molecule has 0 aliphatic carbocycles. The van der Waals surface area contributed by atoms with Crippen molar-refractivity contribution in [1.29, 1.82) is 0 Å². The van der Waals surface area contributed by atoms with Gasteiger partial charge in [0.2, 0.25) is 0 Å². The number of carbonyl (C=O) groups excluding carboxylic acids is 1. The molecule has 25 heavy (non-hydrogen) atoms. The van der Waals surface area contributed by atoms with Gasteiger partial charge in [-0.15, -0.1) is 0 Å². The van der Waals surface area contributed by atoms with Crippen LogP contribution in [0.3, 0.4) is 0 Å². The van der Waals surface area contributed by atoms with E-state index in [4.69, 9.17) is 11.6 Å². The third kappa shape index (κ3) is 5.27. The summed E-state index contributed by atoms with van der Waals surface area (Å²) in [7, 11) is 2.11. The van der Waals surface area contributed by atoms with Crippen molar-refractivity contribution in [3.8, 4) is 0 Å². The number of Topliss-reactive ketones (excluding diaryl/α,β-unsaturated/α-hetero) is 1. The van der Waals surface area contributed by atoms with Crippen LogP contribution < -0.4 is 12.4 Å². The van der Waals surface area contributed by atoms with Gasteiger partial charge in [0, 0.05) is 17.1 Å². The van der Waals surface area contributed by atoms with Crippen molar-refractivity contribution in [3.63, 3.8) is 0 Å². The number of nitrogens with zero attached hydrogens (tertiary/aromatic N) is 2. The lowest BCUT2D eigenvalue weighted by atomic mass is 9.88. The summed E-state index contributed by atoms with van der Waals surface area (Å²) in [5.74, 6) is 0.325. The molecule has 3 rings (SSSR count). The molecule has 0 saturated carbocycles. The summed E-state index contributed by atoms with van der Waals surface area (Å²) in [6.45, 7) is 1.97. The van der Waals surface area contributed by atoms with Crippen LogP contribution in [0.1, 0.15) is 34.5 Å².